The second kappa shape index (κ2) is 12.2. The molecule has 218 valence electrons. The van der Waals surface area contributed by atoms with Crippen LogP contribution in [0.5, 0.6) is 0 Å². The molecule has 0 saturated carbocycles. The SMILES string of the molecule is C=C(C)N(c1ccc2oc3c(/C(=C(\Cc4ccccc4)c4ccccc4)c4ccccc4)cccc3c2c1)c1ccccc1C. The van der Waals surface area contributed by atoms with Crippen molar-refractivity contribution in [2.24, 2.45) is 0 Å². The summed E-state index contributed by atoms with van der Waals surface area (Å²) in [5.74, 6) is 0. The highest BCUT2D eigenvalue weighted by Gasteiger charge is 2.21. The molecule has 2 heteroatoms. The quantitative estimate of drug-likeness (QED) is 0.166. The minimum Gasteiger partial charge on any atom is -0.455 e. The summed E-state index contributed by atoms with van der Waals surface area (Å²) < 4.78 is 6.77. The third-order valence-corrected chi connectivity index (χ3v) is 8.46. The van der Waals surface area contributed by atoms with E-state index in [0.29, 0.717) is 0 Å². The summed E-state index contributed by atoms with van der Waals surface area (Å²) in [7, 11) is 0. The van der Waals surface area contributed by atoms with E-state index in [0.717, 1.165) is 56.6 Å². The molecule has 0 aliphatic rings. The first kappa shape index (κ1) is 28.2. The van der Waals surface area contributed by atoms with E-state index in [1.165, 1.54) is 27.8 Å². The van der Waals surface area contributed by atoms with Gasteiger partial charge in [-0.1, -0.05) is 134 Å². The summed E-state index contributed by atoms with van der Waals surface area (Å²) in [6, 6.07) is 53.6. The average molecular weight is 582 g/mol. The van der Waals surface area contributed by atoms with Crippen molar-refractivity contribution in [2.75, 3.05) is 4.90 Å². The van der Waals surface area contributed by atoms with Crippen molar-refractivity contribution >= 4 is 44.5 Å². The van der Waals surface area contributed by atoms with E-state index >= 15 is 0 Å². The molecule has 1 aromatic heterocycles. The molecule has 0 atom stereocenters. The molecular weight excluding hydrogens is 546 g/mol. The summed E-state index contributed by atoms with van der Waals surface area (Å²) in [6.45, 7) is 8.52. The highest BCUT2D eigenvalue weighted by atomic mass is 16.3. The summed E-state index contributed by atoms with van der Waals surface area (Å²) in [5, 5.41) is 2.18. The molecule has 7 rings (SSSR count). The number of hydrogen-bond acceptors (Lipinski definition) is 2. The Hall–Kier alpha value is -5.60. The van der Waals surface area contributed by atoms with Crippen molar-refractivity contribution in [1.29, 1.82) is 0 Å². The summed E-state index contributed by atoms with van der Waals surface area (Å²) in [5.41, 5.74) is 13.2. The fourth-order valence-corrected chi connectivity index (χ4v) is 6.37. The first-order chi connectivity index (χ1) is 22.1. The number of fused-ring (bicyclic) bond motifs is 3. The maximum absolute atomic E-state index is 6.77. The van der Waals surface area contributed by atoms with Crippen LogP contribution in [0, 0.1) is 6.92 Å². The Bertz CT molecular complexity index is 2150. The number of hydrogen-bond donors (Lipinski definition) is 0. The number of aryl methyl sites for hydroxylation is 1. The van der Waals surface area contributed by atoms with Gasteiger partial charge >= 0.3 is 0 Å². The highest BCUT2D eigenvalue weighted by molar-refractivity contribution is 6.13. The standard InChI is InChI=1S/C43H35NO/c1-30(2)44(40-25-14-13-16-31(40)3)35-26-27-41-39(29-35)36-23-15-24-37(43(36)45-41)42(34-21-11-6-12-22-34)38(33-19-9-5-10-20-33)28-32-17-7-4-8-18-32/h4-27,29H,1,28H2,2-3H3/b42-38+. The number of allylic oxidation sites excluding steroid dienone is 2. The van der Waals surface area contributed by atoms with Gasteiger partial charge in [-0.05, 0) is 77.9 Å². The Morgan fingerprint density at radius 3 is 1.98 bits per heavy atom. The molecule has 45 heavy (non-hydrogen) atoms. The molecule has 6 aromatic carbocycles. The molecule has 0 radical (unpaired) electrons. The molecule has 0 bridgehead atoms. The van der Waals surface area contributed by atoms with Crippen LogP contribution in [0.1, 0.15) is 34.7 Å². The maximum atomic E-state index is 6.77. The average Bonchev–Trinajstić information content (AvgIpc) is 3.45. The van der Waals surface area contributed by atoms with E-state index < -0.39 is 0 Å². The van der Waals surface area contributed by atoms with Crippen LogP contribution in [0.3, 0.4) is 0 Å². The fraction of sp³-hybridized carbons (Fsp3) is 0.0698. The van der Waals surface area contributed by atoms with Crippen molar-refractivity contribution in [3.63, 3.8) is 0 Å². The maximum Gasteiger partial charge on any atom is 0.143 e. The normalized spacial score (nSPS) is 11.9. The van der Waals surface area contributed by atoms with E-state index in [4.69, 9.17) is 4.42 Å². The van der Waals surface area contributed by atoms with Crippen molar-refractivity contribution in [1.82, 2.24) is 0 Å². The van der Waals surface area contributed by atoms with Crippen LogP contribution in [0.15, 0.2) is 168 Å². The van der Waals surface area contributed by atoms with E-state index in [2.05, 4.69) is 177 Å². The van der Waals surface area contributed by atoms with Crippen LogP contribution < -0.4 is 4.90 Å². The largest absolute Gasteiger partial charge is 0.455 e. The molecule has 0 aliphatic heterocycles. The molecular formula is C43H35NO. The Morgan fingerprint density at radius 2 is 1.29 bits per heavy atom. The predicted molar refractivity (Wildman–Crippen MR) is 191 cm³/mol. The summed E-state index contributed by atoms with van der Waals surface area (Å²) >= 11 is 0. The zero-order valence-electron chi connectivity index (χ0n) is 25.7. The monoisotopic (exact) mass is 581 g/mol. The molecule has 0 aliphatic carbocycles. The smallest absolute Gasteiger partial charge is 0.143 e. The number of benzene rings is 6. The molecule has 7 aromatic rings. The van der Waals surface area contributed by atoms with E-state index in [9.17, 15) is 0 Å². The molecule has 0 fully saturated rings. The third kappa shape index (κ3) is 5.47. The van der Waals surface area contributed by atoms with Gasteiger partial charge in [-0.2, -0.15) is 0 Å². The second-order valence-electron chi connectivity index (χ2n) is 11.6. The Balaban J connectivity index is 1.48. The number of nitrogens with zero attached hydrogens (tertiary/aromatic N) is 1. The first-order valence-electron chi connectivity index (χ1n) is 15.4. The molecule has 0 spiro atoms. The molecule has 0 unspecified atom stereocenters. The summed E-state index contributed by atoms with van der Waals surface area (Å²) in [6.07, 6.45) is 0.792. The van der Waals surface area contributed by atoms with E-state index in [-0.39, 0.29) is 0 Å². The highest BCUT2D eigenvalue weighted by Crippen LogP contribution is 2.42. The molecule has 2 nitrogen and oxygen atoms in total. The van der Waals surface area contributed by atoms with Gasteiger partial charge in [0, 0.05) is 33.4 Å². The van der Waals surface area contributed by atoms with Crippen molar-refractivity contribution < 1.29 is 4.42 Å². The topological polar surface area (TPSA) is 16.4 Å². The second-order valence-corrected chi connectivity index (χ2v) is 11.6. The van der Waals surface area contributed by atoms with Crippen LogP contribution in [-0.2, 0) is 6.42 Å². The molecule has 1 heterocycles. The van der Waals surface area contributed by atoms with E-state index in [1.54, 1.807) is 0 Å². The van der Waals surface area contributed by atoms with Gasteiger partial charge in [0.2, 0.25) is 0 Å². The van der Waals surface area contributed by atoms with Gasteiger partial charge in [0.05, 0.1) is 0 Å². The summed E-state index contributed by atoms with van der Waals surface area (Å²) in [4.78, 5) is 2.22. The lowest BCUT2D eigenvalue weighted by Crippen LogP contribution is -2.14. The third-order valence-electron chi connectivity index (χ3n) is 8.46. The molecule has 0 amide bonds. The van der Waals surface area contributed by atoms with Crippen LogP contribution in [0.4, 0.5) is 11.4 Å². The van der Waals surface area contributed by atoms with Gasteiger partial charge in [-0.15, -0.1) is 0 Å². The Morgan fingerprint density at radius 1 is 0.644 bits per heavy atom. The Labute approximate surface area is 265 Å². The van der Waals surface area contributed by atoms with Gasteiger partial charge in [0.1, 0.15) is 11.2 Å². The van der Waals surface area contributed by atoms with Gasteiger partial charge in [0.15, 0.2) is 0 Å². The minimum atomic E-state index is 0.792. The lowest BCUT2D eigenvalue weighted by atomic mass is 9.85. The van der Waals surface area contributed by atoms with Crippen LogP contribution in [0.2, 0.25) is 0 Å². The van der Waals surface area contributed by atoms with Crippen molar-refractivity contribution in [3.05, 3.63) is 192 Å². The van der Waals surface area contributed by atoms with Crippen LogP contribution in [-0.4, -0.2) is 0 Å². The Kier molecular flexibility index (Phi) is 7.63. The number of anilines is 2. The van der Waals surface area contributed by atoms with Gasteiger partial charge in [-0.3, -0.25) is 0 Å². The zero-order chi connectivity index (χ0) is 30.8. The van der Waals surface area contributed by atoms with Crippen LogP contribution in [0.25, 0.3) is 33.1 Å². The number of furan rings is 1. The molecule has 0 N–H and O–H groups in total. The first-order valence-corrected chi connectivity index (χ1v) is 15.4. The number of rotatable bonds is 8. The van der Waals surface area contributed by atoms with Gasteiger partial charge < -0.3 is 9.32 Å². The zero-order valence-corrected chi connectivity index (χ0v) is 25.7. The predicted octanol–water partition coefficient (Wildman–Crippen LogP) is 11.8. The number of para-hydroxylation sites is 2. The minimum absolute atomic E-state index is 0.792. The lowest BCUT2D eigenvalue weighted by molar-refractivity contribution is 0.667. The van der Waals surface area contributed by atoms with Gasteiger partial charge in [-0.25, -0.2) is 0 Å². The van der Waals surface area contributed by atoms with Crippen LogP contribution >= 0.6 is 0 Å². The van der Waals surface area contributed by atoms with Crippen molar-refractivity contribution in [3.8, 4) is 0 Å². The molecule has 0 saturated heterocycles. The fourth-order valence-electron chi connectivity index (χ4n) is 6.37. The van der Waals surface area contributed by atoms with Crippen molar-refractivity contribution in [2.45, 2.75) is 20.3 Å². The van der Waals surface area contributed by atoms with E-state index in [1.807, 2.05) is 0 Å². The lowest BCUT2D eigenvalue weighted by Gasteiger charge is -2.26. The van der Waals surface area contributed by atoms with Gasteiger partial charge in [0.25, 0.3) is 0 Å².